The van der Waals surface area contributed by atoms with Crippen molar-refractivity contribution in [3.63, 3.8) is 0 Å². The Morgan fingerprint density at radius 3 is 2.74 bits per heavy atom. The van der Waals surface area contributed by atoms with Gasteiger partial charge in [-0.05, 0) is 44.5 Å². The Labute approximate surface area is 159 Å². The van der Waals surface area contributed by atoms with Gasteiger partial charge in [-0.3, -0.25) is 4.79 Å². The summed E-state index contributed by atoms with van der Waals surface area (Å²) in [6.07, 6.45) is 2.06. The first-order valence-electron chi connectivity index (χ1n) is 8.82. The molecule has 2 aromatic rings. The highest BCUT2D eigenvalue weighted by Gasteiger charge is 2.28. The lowest BCUT2D eigenvalue weighted by Crippen LogP contribution is -2.21. The Bertz CT molecular complexity index is 928. The van der Waals surface area contributed by atoms with E-state index >= 15 is 0 Å². The lowest BCUT2D eigenvalue weighted by Gasteiger charge is -2.15. The highest BCUT2D eigenvalue weighted by Crippen LogP contribution is 2.25. The first kappa shape index (κ1) is 19.2. The Morgan fingerprint density at radius 1 is 1.26 bits per heavy atom. The van der Waals surface area contributed by atoms with Crippen molar-refractivity contribution in [2.75, 3.05) is 22.1 Å². The third-order valence-corrected chi connectivity index (χ3v) is 5.87. The molecule has 1 aromatic carbocycles. The highest BCUT2D eigenvalue weighted by atomic mass is 32.2. The molecule has 2 heterocycles. The summed E-state index contributed by atoms with van der Waals surface area (Å²) in [6.45, 7) is 3.84. The predicted octanol–water partition coefficient (Wildman–Crippen LogP) is 2.72. The number of nitrogens with one attached hydrogen (secondary N) is 2. The number of ether oxygens (including phenoxy) is 1. The smallest absolute Gasteiger partial charge is 0.255 e. The number of sulfone groups is 1. The minimum Gasteiger partial charge on any atom is -0.489 e. The molecule has 0 radical (unpaired) electrons. The highest BCUT2D eigenvalue weighted by molar-refractivity contribution is 7.91. The van der Waals surface area contributed by atoms with Gasteiger partial charge in [0.25, 0.3) is 5.91 Å². The molecule has 1 aliphatic heterocycles. The molecule has 1 aromatic heterocycles. The van der Waals surface area contributed by atoms with Crippen molar-refractivity contribution in [1.29, 1.82) is 0 Å². The maximum absolute atomic E-state index is 12.6. The number of carbonyl (C=O) groups is 1. The topological polar surface area (TPSA) is 97.4 Å². The van der Waals surface area contributed by atoms with Gasteiger partial charge in [-0.15, -0.1) is 0 Å². The molecular weight excluding hydrogens is 366 g/mol. The summed E-state index contributed by atoms with van der Waals surface area (Å²) in [5, 5.41) is 5.95. The first-order chi connectivity index (χ1) is 12.8. The van der Waals surface area contributed by atoms with Gasteiger partial charge in [0.15, 0.2) is 9.84 Å². The van der Waals surface area contributed by atoms with Gasteiger partial charge in [-0.2, -0.15) is 0 Å². The normalized spacial score (nSPS) is 18.3. The van der Waals surface area contributed by atoms with Crippen molar-refractivity contribution >= 4 is 27.2 Å². The number of nitrogens with zero attached hydrogens (tertiary/aromatic N) is 1. The number of benzene rings is 1. The number of aromatic nitrogens is 1. The molecule has 1 amide bonds. The van der Waals surface area contributed by atoms with E-state index in [2.05, 4.69) is 15.6 Å². The lowest BCUT2D eigenvalue weighted by molar-refractivity contribution is 0.102. The summed E-state index contributed by atoms with van der Waals surface area (Å²) in [7, 11) is -2.98. The molecular formula is C19H23N3O4S. The molecule has 1 atom stereocenters. The van der Waals surface area contributed by atoms with E-state index in [4.69, 9.17) is 4.74 Å². The largest absolute Gasteiger partial charge is 0.489 e. The Balaban J connectivity index is 1.71. The van der Waals surface area contributed by atoms with E-state index in [9.17, 15) is 13.2 Å². The van der Waals surface area contributed by atoms with Crippen LogP contribution in [0.25, 0.3) is 0 Å². The fraction of sp³-hybridized carbons (Fsp3) is 0.368. The van der Waals surface area contributed by atoms with Gasteiger partial charge in [0, 0.05) is 17.8 Å². The Hall–Kier alpha value is -2.61. The van der Waals surface area contributed by atoms with Crippen LogP contribution in [0, 0.1) is 0 Å². The molecule has 144 valence electrons. The van der Waals surface area contributed by atoms with Crippen molar-refractivity contribution in [1.82, 2.24) is 4.98 Å². The van der Waals surface area contributed by atoms with Crippen LogP contribution in [0.3, 0.4) is 0 Å². The van der Waals surface area contributed by atoms with Crippen LogP contribution in [0.15, 0.2) is 42.6 Å². The molecule has 1 aliphatic rings. The second-order valence-electron chi connectivity index (χ2n) is 6.79. The zero-order chi connectivity index (χ0) is 19.4. The molecule has 1 fully saturated rings. The third kappa shape index (κ3) is 5.19. The number of rotatable bonds is 6. The number of anilines is 2. The van der Waals surface area contributed by atoms with Crippen molar-refractivity contribution in [3.8, 4) is 5.75 Å². The molecule has 7 nitrogen and oxygen atoms in total. The van der Waals surface area contributed by atoms with Crippen LogP contribution >= 0.6 is 0 Å². The van der Waals surface area contributed by atoms with Gasteiger partial charge in [-0.1, -0.05) is 12.1 Å². The fourth-order valence-corrected chi connectivity index (χ4v) is 4.56. The predicted molar refractivity (Wildman–Crippen MR) is 105 cm³/mol. The molecule has 27 heavy (non-hydrogen) atoms. The molecule has 1 saturated heterocycles. The SMILES string of the molecule is CC(C)Oc1ccccc1NC(=O)c1ccnc(NC2CCS(=O)(=O)C2)c1. The van der Waals surface area contributed by atoms with Gasteiger partial charge in [0.05, 0.1) is 23.3 Å². The summed E-state index contributed by atoms with van der Waals surface area (Å²) in [6, 6.07) is 10.3. The van der Waals surface area contributed by atoms with E-state index in [0.717, 1.165) is 0 Å². The minimum atomic E-state index is -2.98. The summed E-state index contributed by atoms with van der Waals surface area (Å²) in [5.74, 6) is 1.06. The number of hydrogen-bond acceptors (Lipinski definition) is 6. The third-order valence-electron chi connectivity index (χ3n) is 4.10. The van der Waals surface area contributed by atoms with Crippen molar-refractivity contribution in [3.05, 3.63) is 48.2 Å². The van der Waals surface area contributed by atoms with Gasteiger partial charge in [-0.25, -0.2) is 13.4 Å². The Morgan fingerprint density at radius 2 is 2.04 bits per heavy atom. The summed E-state index contributed by atoms with van der Waals surface area (Å²) in [5.41, 5.74) is 1.01. The minimum absolute atomic E-state index is 0.0116. The second-order valence-corrected chi connectivity index (χ2v) is 9.02. The standard InChI is InChI=1S/C19H23N3O4S/c1-13(2)26-17-6-4-3-5-16(17)22-19(23)14-7-9-20-18(11-14)21-15-8-10-27(24,25)12-15/h3-7,9,11,13,15H,8,10,12H2,1-2H3,(H,20,21)(H,22,23). The molecule has 2 N–H and O–H groups in total. The van der Waals surface area contributed by atoms with E-state index in [0.29, 0.717) is 29.2 Å². The average Bonchev–Trinajstić information content (AvgIpc) is 2.95. The lowest BCUT2D eigenvalue weighted by atomic mass is 10.2. The average molecular weight is 389 g/mol. The monoisotopic (exact) mass is 389 g/mol. The Kier molecular flexibility index (Phi) is 5.65. The molecule has 0 saturated carbocycles. The summed E-state index contributed by atoms with van der Waals surface area (Å²) < 4.78 is 28.9. The second kappa shape index (κ2) is 7.96. The van der Waals surface area contributed by atoms with Crippen LogP contribution in [0.5, 0.6) is 5.75 Å². The van der Waals surface area contributed by atoms with Crippen LogP contribution in [0.2, 0.25) is 0 Å². The number of carbonyl (C=O) groups excluding carboxylic acids is 1. The first-order valence-corrected chi connectivity index (χ1v) is 10.6. The van der Waals surface area contributed by atoms with E-state index in [1.54, 1.807) is 24.3 Å². The number of amides is 1. The van der Waals surface area contributed by atoms with Crippen molar-refractivity contribution < 1.29 is 17.9 Å². The maximum atomic E-state index is 12.6. The van der Waals surface area contributed by atoms with Crippen LogP contribution in [0.1, 0.15) is 30.6 Å². The number of pyridine rings is 1. The van der Waals surface area contributed by atoms with Gasteiger partial charge in [0.1, 0.15) is 11.6 Å². The maximum Gasteiger partial charge on any atom is 0.255 e. The van der Waals surface area contributed by atoms with Crippen LogP contribution < -0.4 is 15.4 Å². The zero-order valence-corrected chi connectivity index (χ0v) is 16.1. The summed E-state index contributed by atoms with van der Waals surface area (Å²) in [4.78, 5) is 16.8. The molecule has 0 aliphatic carbocycles. The van der Waals surface area contributed by atoms with Crippen molar-refractivity contribution in [2.45, 2.75) is 32.4 Å². The van der Waals surface area contributed by atoms with E-state index < -0.39 is 9.84 Å². The molecule has 3 rings (SSSR count). The number of para-hydroxylation sites is 2. The van der Waals surface area contributed by atoms with Crippen molar-refractivity contribution in [2.24, 2.45) is 0 Å². The van der Waals surface area contributed by atoms with Gasteiger partial charge < -0.3 is 15.4 Å². The zero-order valence-electron chi connectivity index (χ0n) is 15.3. The fourth-order valence-electron chi connectivity index (χ4n) is 2.89. The van der Waals surface area contributed by atoms with Crippen LogP contribution in [0.4, 0.5) is 11.5 Å². The van der Waals surface area contributed by atoms with E-state index in [1.807, 2.05) is 26.0 Å². The molecule has 0 spiro atoms. The van der Waals surface area contributed by atoms with Gasteiger partial charge in [0.2, 0.25) is 0 Å². The van der Waals surface area contributed by atoms with E-state index in [-0.39, 0.29) is 29.6 Å². The van der Waals surface area contributed by atoms with Gasteiger partial charge >= 0.3 is 0 Å². The van der Waals surface area contributed by atoms with E-state index in [1.165, 1.54) is 6.20 Å². The quantitative estimate of drug-likeness (QED) is 0.788. The molecule has 8 heteroatoms. The molecule has 0 bridgehead atoms. The molecule has 1 unspecified atom stereocenters. The van der Waals surface area contributed by atoms with Crippen LogP contribution in [-0.2, 0) is 9.84 Å². The number of hydrogen-bond donors (Lipinski definition) is 2. The van der Waals surface area contributed by atoms with Crippen LogP contribution in [-0.4, -0.2) is 43.0 Å². The summed E-state index contributed by atoms with van der Waals surface area (Å²) >= 11 is 0.